The van der Waals surface area contributed by atoms with Crippen LogP contribution in [-0.4, -0.2) is 26.8 Å². The Morgan fingerprint density at radius 3 is 2.68 bits per heavy atom. The van der Waals surface area contributed by atoms with Crippen molar-refractivity contribution in [3.8, 4) is 11.6 Å². The lowest BCUT2D eigenvalue weighted by molar-refractivity contribution is -0.113. The van der Waals surface area contributed by atoms with Crippen molar-refractivity contribution in [1.29, 1.82) is 0 Å². The van der Waals surface area contributed by atoms with Crippen LogP contribution in [0.3, 0.4) is 0 Å². The third-order valence-corrected chi connectivity index (χ3v) is 3.68. The summed E-state index contributed by atoms with van der Waals surface area (Å²) in [5.74, 6) is 0.336. The van der Waals surface area contributed by atoms with Gasteiger partial charge in [0.25, 0.3) is 5.89 Å². The molecule has 0 bridgehead atoms. The molecular formula is C15H12N4O2S. The summed E-state index contributed by atoms with van der Waals surface area (Å²) in [4.78, 5) is 17.0. The van der Waals surface area contributed by atoms with Crippen molar-refractivity contribution < 1.29 is 9.21 Å². The normalized spacial score (nSPS) is 10.4. The van der Waals surface area contributed by atoms with Gasteiger partial charge in [-0.1, -0.05) is 29.4 Å². The van der Waals surface area contributed by atoms with Gasteiger partial charge in [-0.2, -0.15) is 0 Å². The minimum atomic E-state index is -0.204. The Bertz CT molecular complexity index is 747. The molecular weight excluding hydrogens is 300 g/mol. The predicted octanol–water partition coefficient (Wildman–Crippen LogP) is 2.86. The Balaban J connectivity index is 1.57. The first-order chi connectivity index (χ1) is 10.8. The van der Waals surface area contributed by atoms with E-state index in [2.05, 4.69) is 20.5 Å². The third-order valence-electron chi connectivity index (χ3n) is 2.67. The van der Waals surface area contributed by atoms with E-state index in [0.717, 1.165) is 4.90 Å². The molecule has 0 fully saturated rings. The molecule has 0 aliphatic rings. The van der Waals surface area contributed by atoms with Crippen LogP contribution in [0.25, 0.3) is 11.6 Å². The van der Waals surface area contributed by atoms with E-state index < -0.39 is 0 Å². The number of nitrogens with zero attached hydrogens (tertiary/aromatic N) is 3. The maximum Gasteiger partial charge on any atom is 0.322 e. The average molecular weight is 312 g/mol. The lowest BCUT2D eigenvalue weighted by Crippen LogP contribution is -2.14. The first-order valence-electron chi connectivity index (χ1n) is 6.54. The zero-order valence-electron chi connectivity index (χ0n) is 11.5. The molecule has 7 heteroatoms. The first-order valence-corrected chi connectivity index (χ1v) is 7.52. The average Bonchev–Trinajstić information content (AvgIpc) is 3.03. The minimum absolute atomic E-state index is 0.0688. The van der Waals surface area contributed by atoms with Crippen LogP contribution in [-0.2, 0) is 4.79 Å². The molecule has 0 spiro atoms. The number of carbonyl (C=O) groups is 1. The number of aromatic nitrogens is 3. The molecule has 0 saturated heterocycles. The van der Waals surface area contributed by atoms with Crippen LogP contribution in [0.5, 0.6) is 0 Å². The molecule has 1 N–H and O–H groups in total. The summed E-state index contributed by atoms with van der Waals surface area (Å²) in [6.07, 6.45) is 1.63. The molecule has 1 amide bonds. The van der Waals surface area contributed by atoms with Crippen LogP contribution >= 0.6 is 11.8 Å². The predicted molar refractivity (Wildman–Crippen MR) is 83.3 cm³/mol. The minimum Gasteiger partial charge on any atom is -0.401 e. The van der Waals surface area contributed by atoms with Gasteiger partial charge in [0.05, 0.1) is 5.75 Å². The highest BCUT2D eigenvalue weighted by molar-refractivity contribution is 8.00. The van der Waals surface area contributed by atoms with Gasteiger partial charge in [0.15, 0.2) is 0 Å². The smallest absolute Gasteiger partial charge is 0.322 e. The standard InChI is InChI=1S/C15H12N4O2S/c20-13(10-22-11-6-2-1-3-7-11)17-15-19-18-14(21-15)12-8-4-5-9-16-12/h1-9H,10H2,(H,17,19,20). The molecule has 1 aromatic carbocycles. The van der Waals surface area contributed by atoms with E-state index in [1.807, 2.05) is 36.4 Å². The van der Waals surface area contributed by atoms with E-state index >= 15 is 0 Å². The lowest BCUT2D eigenvalue weighted by atomic mass is 10.3. The van der Waals surface area contributed by atoms with Crippen molar-refractivity contribution in [2.75, 3.05) is 11.1 Å². The van der Waals surface area contributed by atoms with E-state index in [9.17, 15) is 4.79 Å². The number of hydrogen-bond donors (Lipinski definition) is 1. The zero-order valence-corrected chi connectivity index (χ0v) is 12.3. The number of hydrogen-bond acceptors (Lipinski definition) is 6. The molecule has 0 aliphatic heterocycles. The Kier molecular flexibility index (Phi) is 4.45. The number of anilines is 1. The van der Waals surface area contributed by atoms with Gasteiger partial charge in [0.2, 0.25) is 5.91 Å². The second-order valence-electron chi connectivity index (χ2n) is 4.28. The fraction of sp³-hybridized carbons (Fsp3) is 0.0667. The molecule has 110 valence electrons. The van der Waals surface area contributed by atoms with E-state index in [4.69, 9.17) is 4.42 Å². The van der Waals surface area contributed by atoms with Gasteiger partial charge in [-0.05, 0) is 24.3 Å². The number of amides is 1. The summed E-state index contributed by atoms with van der Waals surface area (Å²) in [6.45, 7) is 0. The molecule has 22 heavy (non-hydrogen) atoms. The van der Waals surface area contributed by atoms with Crippen molar-refractivity contribution in [3.63, 3.8) is 0 Å². The topological polar surface area (TPSA) is 80.9 Å². The maximum absolute atomic E-state index is 11.9. The molecule has 3 rings (SSSR count). The third kappa shape index (κ3) is 3.70. The SMILES string of the molecule is O=C(CSc1ccccc1)Nc1nnc(-c2ccccn2)o1. The van der Waals surface area contributed by atoms with Crippen LogP contribution in [0.4, 0.5) is 6.01 Å². The van der Waals surface area contributed by atoms with Gasteiger partial charge in [-0.3, -0.25) is 15.1 Å². The van der Waals surface area contributed by atoms with Crippen LogP contribution in [0.15, 0.2) is 64.0 Å². The van der Waals surface area contributed by atoms with Gasteiger partial charge in [0, 0.05) is 11.1 Å². The van der Waals surface area contributed by atoms with Gasteiger partial charge >= 0.3 is 6.01 Å². The largest absolute Gasteiger partial charge is 0.401 e. The molecule has 3 aromatic rings. The Labute approximate surface area is 131 Å². The van der Waals surface area contributed by atoms with Crippen LogP contribution in [0.2, 0.25) is 0 Å². The second kappa shape index (κ2) is 6.86. The second-order valence-corrected chi connectivity index (χ2v) is 5.33. The summed E-state index contributed by atoms with van der Waals surface area (Å²) in [6, 6.07) is 15.1. The van der Waals surface area contributed by atoms with E-state index in [1.165, 1.54) is 11.8 Å². The van der Waals surface area contributed by atoms with Crippen molar-refractivity contribution in [1.82, 2.24) is 15.2 Å². The molecule has 0 aliphatic carbocycles. The Morgan fingerprint density at radius 1 is 1.09 bits per heavy atom. The van der Waals surface area contributed by atoms with E-state index in [-0.39, 0.29) is 23.6 Å². The fourth-order valence-corrected chi connectivity index (χ4v) is 2.41. The lowest BCUT2D eigenvalue weighted by Gasteiger charge is -2.00. The first kappa shape index (κ1) is 14.3. The monoisotopic (exact) mass is 312 g/mol. The van der Waals surface area contributed by atoms with Crippen LogP contribution < -0.4 is 5.32 Å². The van der Waals surface area contributed by atoms with Crippen molar-refractivity contribution >= 4 is 23.7 Å². The number of thioether (sulfide) groups is 1. The molecule has 2 heterocycles. The highest BCUT2D eigenvalue weighted by atomic mass is 32.2. The quantitative estimate of drug-likeness (QED) is 0.730. The summed E-state index contributed by atoms with van der Waals surface area (Å²) in [5, 5.41) is 10.2. The summed E-state index contributed by atoms with van der Waals surface area (Å²) in [5.41, 5.74) is 0.564. The Morgan fingerprint density at radius 2 is 1.91 bits per heavy atom. The highest BCUT2D eigenvalue weighted by Gasteiger charge is 2.12. The Hall–Kier alpha value is -2.67. The fourth-order valence-electron chi connectivity index (χ4n) is 1.69. The summed E-state index contributed by atoms with van der Waals surface area (Å²) < 4.78 is 5.37. The molecule has 6 nitrogen and oxygen atoms in total. The van der Waals surface area contributed by atoms with Gasteiger partial charge in [-0.25, -0.2) is 0 Å². The van der Waals surface area contributed by atoms with Crippen molar-refractivity contribution in [3.05, 3.63) is 54.7 Å². The van der Waals surface area contributed by atoms with Crippen LogP contribution in [0, 0.1) is 0 Å². The van der Waals surface area contributed by atoms with Gasteiger partial charge in [0.1, 0.15) is 5.69 Å². The molecule has 2 aromatic heterocycles. The van der Waals surface area contributed by atoms with Crippen molar-refractivity contribution in [2.45, 2.75) is 4.90 Å². The molecule has 0 atom stereocenters. The van der Waals surface area contributed by atoms with Crippen molar-refractivity contribution in [2.24, 2.45) is 0 Å². The zero-order chi connectivity index (χ0) is 15.2. The van der Waals surface area contributed by atoms with E-state index in [1.54, 1.807) is 18.3 Å². The number of rotatable bonds is 5. The summed E-state index contributed by atoms with van der Waals surface area (Å²) in [7, 11) is 0. The molecule has 0 saturated carbocycles. The summed E-state index contributed by atoms with van der Waals surface area (Å²) >= 11 is 1.44. The highest BCUT2D eigenvalue weighted by Crippen LogP contribution is 2.19. The van der Waals surface area contributed by atoms with Gasteiger partial charge < -0.3 is 4.42 Å². The maximum atomic E-state index is 11.9. The number of nitrogens with one attached hydrogen (secondary N) is 1. The number of carbonyl (C=O) groups excluding carboxylic acids is 1. The molecule has 0 radical (unpaired) electrons. The number of pyridine rings is 1. The van der Waals surface area contributed by atoms with E-state index in [0.29, 0.717) is 5.69 Å². The molecule has 0 unspecified atom stereocenters. The van der Waals surface area contributed by atoms with Crippen LogP contribution in [0.1, 0.15) is 0 Å². The number of benzene rings is 1. The van der Waals surface area contributed by atoms with Gasteiger partial charge in [-0.15, -0.1) is 16.9 Å².